The van der Waals surface area contributed by atoms with Gasteiger partial charge in [-0.2, -0.15) is 0 Å². The Labute approximate surface area is 248 Å². The highest BCUT2D eigenvalue weighted by molar-refractivity contribution is 7.15. The fourth-order valence-electron chi connectivity index (χ4n) is 4.97. The Morgan fingerprint density at radius 1 is 0.762 bits per heavy atom. The average Bonchev–Trinajstić information content (AvgIpc) is 3.39. The van der Waals surface area contributed by atoms with Crippen molar-refractivity contribution in [3.05, 3.63) is 82.2 Å². The maximum Gasteiger partial charge on any atom is 0.303 e. The van der Waals surface area contributed by atoms with Crippen LogP contribution in [0, 0.1) is 6.92 Å². The molecule has 1 aromatic heterocycles. The first kappa shape index (κ1) is 30.9. The lowest BCUT2D eigenvalue weighted by Crippen LogP contribution is -2.59. The summed E-state index contributed by atoms with van der Waals surface area (Å²) in [6.07, 6.45) is -4.83. The predicted octanol–water partition coefficient (Wildman–Crippen LogP) is 5.11. The number of carbonyl (C=O) groups excluding carboxylic acids is 4. The molecule has 4 rings (SSSR count). The van der Waals surface area contributed by atoms with Crippen LogP contribution in [0.1, 0.15) is 55.4 Å². The van der Waals surface area contributed by atoms with Gasteiger partial charge in [-0.3, -0.25) is 19.2 Å². The normalized spacial score (nSPS) is 21.7. The Balaban J connectivity index is 1.71. The van der Waals surface area contributed by atoms with Crippen LogP contribution in [0.4, 0.5) is 0 Å². The van der Waals surface area contributed by atoms with Crippen molar-refractivity contribution in [2.45, 2.75) is 71.6 Å². The zero-order valence-corrected chi connectivity index (χ0v) is 25.0. The number of thiophene rings is 1. The van der Waals surface area contributed by atoms with Crippen molar-refractivity contribution < 1.29 is 42.9 Å². The summed E-state index contributed by atoms with van der Waals surface area (Å²) in [4.78, 5) is 50.4. The van der Waals surface area contributed by atoms with Gasteiger partial charge in [0, 0.05) is 43.9 Å². The molecule has 0 N–H and O–H groups in total. The molecule has 222 valence electrons. The Hall–Kier alpha value is -4.02. The smallest absolute Gasteiger partial charge is 0.303 e. The lowest BCUT2D eigenvalue weighted by molar-refractivity contribution is -0.254. The molecule has 0 aliphatic carbocycles. The first-order valence-electron chi connectivity index (χ1n) is 13.6. The van der Waals surface area contributed by atoms with Crippen molar-refractivity contribution in [2.75, 3.05) is 6.61 Å². The topological polar surface area (TPSA) is 114 Å². The number of ether oxygens (including phenoxy) is 5. The Morgan fingerprint density at radius 2 is 1.40 bits per heavy atom. The third-order valence-corrected chi connectivity index (χ3v) is 7.91. The van der Waals surface area contributed by atoms with E-state index in [1.807, 2.05) is 43.3 Å². The zero-order chi connectivity index (χ0) is 30.4. The molecule has 0 saturated carbocycles. The molecule has 2 aromatic carbocycles. The van der Waals surface area contributed by atoms with Gasteiger partial charge in [-0.15, -0.1) is 11.3 Å². The van der Waals surface area contributed by atoms with Crippen LogP contribution in [-0.4, -0.2) is 54.9 Å². The fraction of sp³-hybridized carbons (Fsp3) is 0.375. The van der Waals surface area contributed by atoms with E-state index in [-0.39, 0.29) is 6.61 Å². The summed E-state index contributed by atoms with van der Waals surface area (Å²) in [6.45, 7) is 6.61. The first-order chi connectivity index (χ1) is 20.0. The van der Waals surface area contributed by atoms with E-state index in [2.05, 4.69) is 24.3 Å². The van der Waals surface area contributed by atoms with E-state index in [4.69, 9.17) is 23.7 Å². The highest BCUT2D eigenvalue weighted by atomic mass is 32.1. The minimum absolute atomic E-state index is 0.273. The monoisotopic (exact) mass is 594 g/mol. The summed E-state index contributed by atoms with van der Waals surface area (Å²) in [5, 5.41) is 0. The van der Waals surface area contributed by atoms with Gasteiger partial charge in [0.1, 0.15) is 18.8 Å². The van der Waals surface area contributed by atoms with Gasteiger partial charge in [0.25, 0.3) is 0 Å². The van der Waals surface area contributed by atoms with Gasteiger partial charge in [0.15, 0.2) is 18.3 Å². The van der Waals surface area contributed by atoms with Gasteiger partial charge in [-0.25, -0.2) is 0 Å². The number of aryl methyl sites for hydroxylation is 1. The number of hydrogen-bond acceptors (Lipinski definition) is 10. The minimum Gasteiger partial charge on any atom is -0.463 e. The molecule has 2 heterocycles. The second-order valence-electron chi connectivity index (χ2n) is 10.1. The first-order valence-corrected chi connectivity index (χ1v) is 14.4. The van der Waals surface area contributed by atoms with E-state index >= 15 is 0 Å². The maximum absolute atomic E-state index is 12.2. The molecule has 5 unspecified atom stereocenters. The maximum atomic E-state index is 12.2. The van der Waals surface area contributed by atoms with Gasteiger partial charge < -0.3 is 23.7 Å². The minimum atomic E-state index is -1.22. The van der Waals surface area contributed by atoms with E-state index in [0.29, 0.717) is 12.0 Å². The van der Waals surface area contributed by atoms with Crippen molar-refractivity contribution in [3.63, 3.8) is 0 Å². The van der Waals surface area contributed by atoms with E-state index in [0.717, 1.165) is 21.6 Å². The molecule has 10 heteroatoms. The third-order valence-electron chi connectivity index (χ3n) is 6.78. The molecule has 9 nitrogen and oxygen atoms in total. The van der Waals surface area contributed by atoms with Crippen molar-refractivity contribution >= 4 is 35.2 Å². The van der Waals surface area contributed by atoms with Crippen LogP contribution in [0.5, 0.6) is 0 Å². The lowest BCUT2D eigenvalue weighted by atomic mass is 9.88. The van der Waals surface area contributed by atoms with Gasteiger partial charge in [0.05, 0.1) is 0 Å². The largest absolute Gasteiger partial charge is 0.463 e. The van der Waals surface area contributed by atoms with Crippen LogP contribution in [0.2, 0.25) is 0 Å². The predicted molar refractivity (Wildman–Crippen MR) is 155 cm³/mol. The third kappa shape index (κ3) is 7.83. The second-order valence-corrected chi connectivity index (χ2v) is 11.3. The quantitative estimate of drug-likeness (QED) is 0.246. The summed E-state index contributed by atoms with van der Waals surface area (Å²) in [7, 11) is 0. The molecule has 1 saturated heterocycles. The van der Waals surface area contributed by atoms with Crippen LogP contribution in [0.3, 0.4) is 0 Å². The van der Waals surface area contributed by atoms with Crippen LogP contribution in [0.15, 0.2) is 60.7 Å². The Morgan fingerprint density at radius 3 is 2.05 bits per heavy atom. The molecule has 0 amide bonds. The standard InChI is InChI=1S/C32H34O9S/c1-18-11-12-24(15-25(18)16-26-13-14-28(42-26)23-9-7-6-8-10-23)29-31(39-21(4)35)32(40-22(5)36)30(38-20(3)34)27(41-29)17-37-19(2)33/h6-15,27,29-32H,16-17H2,1-5H3. The summed E-state index contributed by atoms with van der Waals surface area (Å²) < 4.78 is 28.3. The SMILES string of the molecule is CC(=O)OCC1OC(c2ccc(C)c(Cc3ccc(-c4ccccc4)s3)c2)C(OC(C)=O)C(OC(C)=O)C1OC(C)=O. The van der Waals surface area contributed by atoms with Gasteiger partial charge >= 0.3 is 23.9 Å². The van der Waals surface area contributed by atoms with Gasteiger partial charge in [0.2, 0.25) is 0 Å². The van der Waals surface area contributed by atoms with Crippen molar-refractivity contribution in [3.8, 4) is 10.4 Å². The molecular formula is C32H34O9S. The van der Waals surface area contributed by atoms with Crippen molar-refractivity contribution in [1.29, 1.82) is 0 Å². The van der Waals surface area contributed by atoms with Crippen LogP contribution in [0.25, 0.3) is 10.4 Å². The number of hydrogen-bond donors (Lipinski definition) is 0. The lowest BCUT2D eigenvalue weighted by Gasteiger charge is -2.44. The molecule has 3 aromatic rings. The Bertz CT molecular complexity index is 1430. The van der Waals surface area contributed by atoms with E-state index in [9.17, 15) is 19.2 Å². The van der Waals surface area contributed by atoms with E-state index in [1.165, 1.54) is 32.6 Å². The van der Waals surface area contributed by atoms with Crippen LogP contribution < -0.4 is 0 Å². The van der Waals surface area contributed by atoms with Gasteiger partial charge in [-0.1, -0.05) is 48.5 Å². The molecule has 1 aliphatic rings. The van der Waals surface area contributed by atoms with Crippen molar-refractivity contribution in [2.24, 2.45) is 0 Å². The summed E-state index contributed by atoms with van der Waals surface area (Å²) in [5.41, 5.74) is 3.89. The Kier molecular flexibility index (Phi) is 10.1. The number of esters is 4. The molecule has 1 fully saturated rings. The van der Waals surface area contributed by atoms with Crippen LogP contribution in [-0.2, 0) is 49.3 Å². The summed E-state index contributed by atoms with van der Waals surface area (Å²) in [5.74, 6) is -2.54. The van der Waals surface area contributed by atoms with Gasteiger partial charge in [-0.05, 0) is 41.3 Å². The molecule has 5 atom stereocenters. The number of rotatable bonds is 9. The molecule has 0 radical (unpaired) electrons. The fourth-order valence-corrected chi connectivity index (χ4v) is 6.01. The number of benzene rings is 2. The summed E-state index contributed by atoms with van der Waals surface area (Å²) in [6, 6.07) is 20.1. The molecular weight excluding hydrogens is 560 g/mol. The van der Waals surface area contributed by atoms with E-state index in [1.54, 1.807) is 11.3 Å². The molecule has 0 spiro atoms. The molecule has 42 heavy (non-hydrogen) atoms. The van der Waals surface area contributed by atoms with Crippen LogP contribution >= 0.6 is 11.3 Å². The summed E-state index contributed by atoms with van der Waals surface area (Å²) >= 11 is 1.71. The number of carbonyl (C=O) groups is 4. The van der Waals surface area contributed by atoms with Crippen molar-refractivity contribution in [1.82, 2.24) is 0 Å². The molecule has 1 aliphatic heterocycles. The zero-order valence-electron chi connectivity index (χ0n) is 24.2. The highest BCUT2D eigenvalue weighted by Crippen LogP contribution is 2.39. The van der Waals surface area contributed by atoms with E-state index < -0.39 is 54.4 Å². The second kappa shape index (κ2) is 13.8. The molecule has 0 bridgehead atoms. The average molecular weight is 595 g/mol. The highest BCUT2D eigenvalue weighted by Gasteiger charge is 2.52.